The molecule has 0 spiro atoms. The zero-order valence-corrected chi connectivity index (χ0v) is 19.5. The van der Waals surface area contributed by atoms with E-state index in [0.29, 0.717) is 49.1 Å². The van der Waals surface area contributed by atoms with E-state index in [-0.39, 0.29) is 30.2 Å². The van der Waals surface area contributed by atoms with Crippen molar-refractivity contribution in [2.45, 2.75) is 33.2 Å². The molecule has 8 nitrogen and oxygen atoms in total. The third-order valence-corrected chi connectivity index (χ3v) is 6.48. The predicted molar refractivity (Wildman–Crippen MR) is 130 cm³/mol. The fourth-order valence-corrected chi connectivity index (χ4v) is 4.35. The van der Waals surface area contributed by atoms with E-state index in [0.717, 1.165) is 16.8 Å². The summed E-state index contributed by atoms with van der Waals surface area (Å²) >= 11 is 0. The van der Waals surface area contributed by atoms with Gasteiger partial charge in [-0.3, -0.25) is 19.0 Å². The number of nitrogens with zero attached hydrogens (tertiary/aromatic N) is 5. The molecule has 0 radical (unpaired) electrons. The molecule has 0 bridgehead atoms. The smallest absolute Gasteiger partial charge is 0.261 e. The van der Waals surface area contributed by atoms with Gasteiger partial charge < -0.3 is 9.80 Å². The Kier molecular flexibility index (Phi) is 6.73. The topological polar surface area (TPSA) is 99.3 Å². The van der Waals surface area contributed by atoms with Crippen molar-refractivity contribution >= 4 is 28.3 Å². The first-order valence-electron chi connectivity index (χ1n) is 11.4. The Labute approximate surface area is 198 Å². The second kappa shape index (κ2) is 9.87. The molecule has 4 rings (SSSR count). The molecular weight excluding hydrogens is 430 g/mol. The minimum Gasteiger partial charge on any atom is -0.368 e. The van der Waals surface area contributed by atoms with E-state index in [4.69, 9.17) is 0 Å². The number of anilines is 1. The van der Waals surface area contributed by atoms with Gasteiger partial charge in [0.2, 0.25) is 5.91 Å². The molecule has 0 N–H and O–H groups in total. The molecule has 174 valence electrons. The highest BCUT2D eigenvalue weighted by Crippen LogP contribution is 2.20. The number of hydrogen-bond acceptors (Lipinski definition) is 6. The Morgan fingerprint density at radius 1 is 1.12 bits per heavy atom. The van der Waals surface area contributed by atoms with Crippen LogP contribution < -0.4 is 10.5 Å². The van der Waals surface area contributed by atoms with E-state index in [1.54, 1.807) is 13.0 Å². The standard InChI is InChI=1S/C26H27N5O3/c1-18-20(4-3-5-21(18)15-27)6-8-23(33)16-31-17-28-25-9-7-22(14-24(25)26(31)34)30-12-10-29(11-13-30)19(2)32/h3-5,7,9,14,17H,6,8,10-13,16H2,1-2H3. The molecule has 0 unspecified atom stereocenters. The number of rotatable bonds is 6. The lowest BCUT2D eigenvalue weighted by Crippen LogP contribution is -2.48. The van der Waals surface area contributed by atoms with Crippen molar-refractivity contribution in [1.29, 1.82) is 5.26 Å². The maximum atomic E-state index is 13.1. The SMILES string of the molecule is CC(=O)N1CCN(c2ccc3ncn(CC(=O)CCc4cccc(C#N)c4C)c(=O)c3c2)CC1. The first kappa shape index (κ1) is 23.2. The lowest BCUT2D eigenvalue weighted by molar-refractivity contribution is -0.129. The predicted octanol–water partition coefficient (Wildman–Crippen LogP) is 2.45. The molecule has 0 aliphatic carbocycles. The molecule has 1 saturated heterocycles. The minimum atomic E-state index is -0.245. The van der Waals surface area contributed by atoms with Gasteiger partial charge in [0.15, 0.2) is 5.78 Å². The normalized spacial score (nSPS) is 13.7. The summed E-state index contributed by atoms with van der Waals surface area (Å²) < 4.78 is 1.36. The van der Waals surface area contributed by atoms with Crippen LogP contribution in [-0.4, -0.2) is 52.3 Å². The van der Waals surface area contributed by atoms with E-state index in [1.807, 2.05) is 42.2 Å². The highest BCUT2D eigenvalue weighted by atomic mass is 16.2. The van der Waals surface area contributed by atoms with Crippen molar-refractivity contribution in [2.24, 2.45) is 0 Å². The van der Waals surface area contributed by atoms with Crippen LogP contribution in [0.1, 0.15) is 30.0 Å². The third-order valence-electron chi connectivity index (χ3n) is 6.48. The van der Waals surface area contributed by atoms with Crippen LogP contribution >= 0.6 is 0 Å². The maximum Gasteiger partial charge on any atom is 0.261 e. The molecule has 0 saturated carbocycles. The van der Waals surface area contributed by atoms with Gasteiger partial charge in [-0.2, -0.15) is 5.26 Å². The molecule has 1 aliphatic heterocycles. The average Bonchev–Trinajstić information content (AvgIpc) is 2.85. The molecule has 0 atom stereocenters. The van der Waals surface area contributed by atoms with E-state index in [1.165, 1.54) is 10.9 Å². The van der Waals surface area contributed by atoms with Crippen LogP contribution in [0.25, 0.3) is 10.9 Å². The van der Waals surface area contributed by atoms with Crippen molar-refractivity contribution in [3.8, 4) is 6.07 Å². The van der Waals surface area contributed by atoms with Crippen LogP contribution in [-0.2, 0) is 22.6 Å². The number of piperazine rings is 1. The number of benzene rings is 2. The second-order valence-corrected chi connectivity index (χ2v) is 8.61. The molecule has 1 aliphatic rings. The van der Waals surface area contributed by atoms with Gasteiger partial charge in [-0.25, -0.2) is 4.98 Å². The highest BCUT2D eigenvalue weighted by Gasteiger charge is 2.19. The summed E-state index contributed by atoms with van der Waals surface area (Å²) in [5, 5.41) is 9.66. The van der Waals surface area contributed by atoms with Crippen molar-refractivity contribution < 1.29 is 9.59 Å². The zero-order chi connectivity index (χ0) is 24.2. The number of carbonyl (C=O) groups is 2. The number of ketones is 1. The van der Waals surface area contributed by atoms with E-state index in [2.05, 4.69) is 16.0 Å². The largest absolute Gasteiger partial charge is 0.368 e. The Morgan fingerprint density at radius 3 is 2.59 bits per heavy atom. The summed E-state index contributed by atoms with van der Waals surface area (Å²) in [5.41, 5.74) is 3.71. The van der Waals surface area contributed by atoms with E-state index in [9.17, 15) is 19.6 Å². The van der Waals surface area contributed by atoms with Crippen LogP contribution in [0.15, 0.2) is 47.5 Å². The van der Waals surface area contributed by atoms with Crippen molar-refractivity contribution in [3.05, 3.63) is 69.8 Å². The molecule has 1 amide bonds. The molecule has 34 heavy (non-hydrogen) atoms. The van der Waals surface area contributed by atoms with Crippen LogP contribution in [0.2, 0.25) is 0 Å². The number of aryl methyl sites for hydroxylation is 1. The Hall–Kier alpha value is -3.99. The van der Waals surface area contributed by atoms with E-state index < -0.39 is 0 Å². The molecule has 3 aromatic rings. The van der Waals surface area contributed by atoms with Gasteiger partial charge in [-0.15, -0.1) is 0 Å². The monoisotopic (exact) mass is 457 g/mol. The number of amides is 1. The highest BCUT2D eigenvalue weighted by molar-refractivity contribution is 5.83. The fourth-order valence-electron chi connectivity index (χ4n) is 4.35. The molecule has 2 heterocycles. The molecule has 2 aromatic carbocycles. The number of fused-ring (bicyclic) bond motifs is 1. The zero-order valence-electron chi connectivity index (χ0n) is 19.5. The molecular formula is C26H27N5O3. The lowest BCUT2D eigenvalue weighted by Gasteiger charge is -2.35. The summed E-state index contributed by atoms with van der Waals surface area (Å²) in [4.78, 5) is 45.7. The van der Waals surface area contributed by atoms with Crippen LogP contribution in [0, 0.1) is 18.3 Å². The average molecular weight is 458 g/mol. The number of hydrogen-bond donors (Lipinski definition) is 0. The van der Waals surface area contributed by atoms with Gasteiger partial charge in [0.1, 0.15) is 0 Å². The Bertz CT molecular complexity index is 1350. The molecule has 8 heteroatoms. The number of Topliss-reactive ketones (excluding diaryl/α,β-unsaturated/α-hetero) is 1. The summed E-state index contributed by atoms with van der Waals surface area (Å²) in [6.07, 6.45) is 2.22. The summed E-state index contributed by atoms with van der Waals surface area (Å²) in [6.45, 7) is 6.11. The molecule has 1 aromatic heterocycles. The first-order chi connectivity index (χ1) is 16.4. The van der Waals surface area contributed by atoms with Crippen LogP contribution in [0.3, 0.4) is 0 Å². The van der Waals surface area contributed by atoms with Gasteiger partial charge in [0, 0.05) is 45.2 Å². The second-order valence-electron chi connectivity index (χ2n) is 8.61. The third kappa shape index (κ3) is 4.84. The maximum absolute atomic E-state index is 13.1. The van der Waals surface area contributed by atoms with Crippen molar-refractivity contribution in [1.82, 2.24) is 14.5 Å². The molecule has 1 fully saturated rings. The number of carbonyl (C=O) groups excluding carboxylic acids is 2. The van der Waals surface area contributed by atoms with Crippen LogP contribution in [0.5, 0.6) is 0 Å². The van der Waals surface area contributed by atoms with Gasteiger partial charge in [0.05, 0.1) is 35.4 Å². The minimum absolute atomic E-state index is 0.0414. The summed E-state index contributed by atoms with van der Waals surface area (Å²) in [6, 6.07) is 13.2. The van der Waals surface area contributed by atoms with Gasteiger partial charge in [-0.1, -0.05) is 12.1 Å². The number of nitriles is 1. The van der Waals surface area contributed by atoms with E-state index >= 15 is 0 Å². The quantitative estimate of drug-likeness (QED) is 0.564. The van der Waals surface area contributed by atoms with Gasteiger partial charge in [-0.05, 0) is 48.7 Å². The van der Waals surface area contributed by atoms with Crippen molar-refractivity contribution in [2.75, 3.05) is 31.1 Å². The van der Waals surface area contributed by atoms with Crippen molar-refractivity contribution in [3.63, 3.8) is 0 Å². The van der Waals surface area contributed by atoms with Crippen LogP contribution in [0.4, 0.5) is 5.69 Å². The first-order valence-corrected chi connectivity index (χ1v) is 11.4. The summed E-state index contributed by atoms with van der Waals surface area (Å²) in [7, 11) is 0. The lowest BCUT2D eigenvalue weighted by atomic mass is 9.98. The van der Waals surface area contributed by atoms with Gasteiger partial charge in [0.25, 0.3) is 5.56 Å². The van der Waals surface area contributed by atoms with Gasteiger partial charge >= 0.3 is 0 Å². The summed E-state index contributed by atoms with van der Waals surface area (Å²) in [5.74, 6) is 0.00404. The fraction of sp³-hybridized carbons (Fsp3) is 0.346. The Morgan fingerprint density at radius 2 is 1.88 bits per heavy atom. The Balaban J connectivity index is 1.47. The number of aromatic nitrogens is 2.